The van der Waals surface area contributed by atoms with Gasteiger partial charge in [0.15, 0.2) is 0 Å². The average Bonchev–Trinajstić information content (AvgIpc) is 1.02. The van der Waals surface area contributed by atoms with E-state index < -0.39 is 65.2 Å². The van der Waals surface area contributed by atoms with E-state index in [0.29, 0.717) is 128 Å². The molecule has 0 unspecified atom stereocenters. The van der Waals surface area contributed by atoms with Gasteiger partial charge < -0.3 is 48.8 Å². The van der Waals surface area contributed by atoms with Crippen molar-refractivity contribution in [3.63, 3.8) is 0 Å². The Kier molecular flexibility index (Phi) is 21.7. The minimum atomic E-state index is -2.81. The Morgan fingerprint density at radius 2 is 1.16 bits per heavy atom. The van der Waals surface area contributed by atoms with Crippen LogP contribution in [-0.2, 0) is 65.4 Å². The number of amides is 4. The number of carboxylic acid groups (broad SMARTS) is 1. The van der Waals surface area contributed by atoms with E-state index in [1.165, 1.54) is 12.4 Å². The number of fused-ring (bicyclic) bond motifs is 2. The molecule has 6 atom stereocenters. The number of alkyl halides is 5. The molecule has 2 saturated heterocycles. The molecule has 0 bridgehead atoms. The van der Waals surface area contributed by atoms with Crippen LogP contribution in [0.25, 0.3) is 0 Å². The zero-order valence-electron chi connectivity index (χ0n) is 55.2. The fourth-order valence-electron chi connectivity index (χ4n) is 15.5. The van der Waals surface area contributed by atoms with E-state index in [9.17, 15) is 56.5 Å². The van der Waals surface area contributed by atoms with Gasteiger partial charge in [-0.2, -0.15) is 0 Å². The van der Waals surface area contributed by atoms with E-state index in [-0.39, 0.29) is 82.7 Å². The molecule has 3 aromatic carbocycles. The van der Waals surface area contributed by atoms with Crippen molar-refractivity contribution in [2.24, 2.45) is 33.5 Å². The molecule has 4 aliphatic heterocycles. The zero-order valence-corrected chi connectivity index (χ0v) is 57.5. The number of aliphatic carboxylic acids is 1. The molecule has 6 heterocycles. The molecule has 8 aliphatic rings. The highest BCUT2D eigenvalue weighted by Crippen LogP contribution is 2.56. The van der Waals surface area contributed by atoms with Crippen LogP contribution in [0.1, 0.15) is 179 Å². The summed E-state index contributed by atoms with van der Waals surface area (Å²) in [5, 5.41) is 22.3. The number of phenols is 1. The van der Waals surface area contributed by atoms with Gasteiger partial charge in [-0.15, -0.1) is 11.6 Å². The fourth-order valence-corrected chi connectivity index (χ4v) is 16.2. The van der Waals surface area contributed by atoms with E-state index in [1.807, 2.05) is 11.8 Å². The van der Waals surface area contributed by atoms with Crippen LogP contribution in [0.15, 0.2) is 67.5 Å². The molecule has 13 rings (SSSR count). The SMILES string of the molecule is COc1ccc(COC(=O)[C@@]2(C)CCCC[C@H]2C(=O)N2CCc3c(Cl)ccc(O)c3[C@H]2CN2CC3(CC3)CC2=O)c(OC)c1.C[C@]1(C(=O)O)CCCC[C@H]1C(=O)N1CCc2c(Cl)ccc(OCc3cncnc3C(F)F)c2[C@H]1CN1CC2(CC2)CC1=O.FC(F)c1ncncc1CCl. The number of aromatic nitrogens is 4. The molecule has 5 aromatic rings. The summed E-state index contributed by atoms with van der Waals surface area (Å²) in [6.07, 6.45) is 10.4. The highest BCUT2D eigenvalue weighted by molar-refractivity contribution is 6.32. The van der Waals surface area contributed by atoms with Crippen molar-refractivity contribution in [2.45, 2.75) is 161 Å². The van der Waals surface area contributed by atoms with Gasteiger partial charge in [-0.1, -0.05) is 48.9 Å². The molecule has 2 aromatic heterocycles. The first-order valence-corrected chi connectivity index (χ1v) is 34.6. The number of ether oxygens (including phenoxy) is 4. The molecule has 0 radical (unpaired) electrons. The van der Waals surface area contributed by atoms with Gasteiger partial charge in [0.2, 0.25) is 23.6 Å². The number of esters is 1. The van der Waals surface area contributed by atoms with Crippen molar-refractivity contribution in [2.75, 3.05) is 53.5 Å². The van der Waals surface area contributed by atoms with Crippen molar-refractivity contribution in [3.05, 3.63) is 128 Å². The summed E-state index contributed by atoms with van der Waals surface area (Å²) in [5.74, 6) is -1.38. The number of benzene rings is 3. The van der Waals surface area contributed by atoms with Crippen LogP contribution in [0.5, 0.6) is 23.0 Å². The van der Waals surface area contributed by atoms with Crippen LogP contribution in [0.2, 0.25) is 10.0 Å². The topological polar surface area (TPSA) is 244 Å². The second-order valence-corrected chi connectivity index (χ2v) is 28.9. The number of carbonyl (C=O) groups excluding carboxylic acids is 5. The number of methoxy groups -OCH3 is 2. The monoisotopic (exact) mass is 1420 g/mol. The molecular weight excluding hydrogens is 1340 g/mol. The summed E-state index contributed by atoms with van der Waals surface area (Å²) in [7, 11) is 3.12. The van der Waals surface area contributed by atoms with Gasteiger partial charge in [-0.05, 0) is 136 Å². The third-order valence-electron chi connectivity index (χ3n) is 21.6. The number of halogens is 7. The summed E-state index contributed by atoms with van der Waals surface area (Å²) < 4.78 is 74.2. The lowest BCUT2D eigenvalue weighted by Crippen LogP contribution is -2.53. The van der Waals surface area contributed by atoms with Crippen LogP contribution >= 0.6 is 34.8 Å². The van der Waals surface area contributed by atoms with Crippen molar-refractivity contribution in [3.8, 4) is 23.0 Å². The molecule has 98 heavy (non-hydrogen) atoms. The zero-order chi connectivity index (χ0) is 70.0. The maximum absolute atomic E-state index is 14.6. The van der Waals surface area contributed by atoms with Crippen molar-refractivity contribution in [1.29, 1.82) is 0 Å². The van der Waals surface area contributed by atoms with Gasteiger partial charge in [-0.3, -0.25) is 28.8 Å². The van der Waals surface area contributed by atoms with Gasteiger partial charge >= 0.3 is 11.9 Å². The minimum Gasteiger partial charge on any atom is -0.508 e. The van der Waals surface area contributed by atoms with E-state index in [0.717, 1.165) is 75.1 Å². The molecule has 4 aliphatic carbocycles. The first-order chi connectivity index (χ1) is 46.9. The first kappa shape index (κ1) is 71.7. The third-order valence-corrected chi connectivity index (χ3v) is 22.6. The van der Waals surface area contributed by atoms with Crippen molar-refractivity contribution < 1.29 is 75.5 Å². The Bertz CT molecular complexity index is 3850. The predicted molar refractivity (Wildman–Crippen MR) is 352 cm³/mol. The highest BCUT2D eigenvalue weighted by atomic mass is 35.5. The molecule has 2 N–H and O–H groups in total. The number of aromatic hydroxyl groups is 1. The Balaban J connectivity index is 0.000000172. The highest BCUT2D eigenvalue weighted by Gasteiger charge is 2.56. The Labute approximate surface area is 581 Å². The predicted octanol–water partition coefficient (Wildman–Crippen LogP) is 13.0. The van der Waals surface area contributed by atoms with Crippen LogP contribution in [0.3, 0.4) is 0 Å². The summed E-state index contributed by atoms with van der Waals surface area (Å²) in [5.41, 5.74) is 1.06. The largest absolute Gasteiger partial charge is 0.508 e. The standard InChI is InChI=1S/C34H41ClN2O7.C31H35ClF2N4O5.C6H5ClF2N2/c1-33(32(41)44-19-21-7-8-22(42-2)16-28(21)43-3)12-5-4-6-24(33)31(40)37-15-11-23-25(35)9-10-27(38)30(23)26(37)18-36-20-34(13-14-34)17-29(36)39;1-30(29(41)42)8-3-2-4-20(30)28(40)38-11-7-19-21(32)5-6-23(43-15-18-13-35-17-36-26(18)27(33)34)25(19)22(38)14-37-16-31(9-10-31)12-24(37)39;7-1-4-2-10-3-11-5(4)6(8)9/h7-10,16,24,26,38H,4-6,11-15,17-20H2,1-3H3;5-6,13,17,20,22,27H,2-4,7-12,14-16H2,1H3,(H,41,42);2-3,6H,1H2/t24-,26+,33-;20-,22+,30-;/m00./s1. The second kappa shape index (κ2) is 29.7. The van der Waals surface area contributed by atoms with Crippen LogP contribution in [-0.4, -0.2) is 139 Å². The molecule has 6 fully saturated rings. The van der Waals surface area contributed by atoms with Crippen LogP contribution in [0.4, 0.5) is 17.6 Å². The summed E-state index contributed by atoms with van der Waals surface area (Å²) in [6, 6.07) is 10.7. The summed E-state index contributed by atoms with van der Waals surface area (Å²) in [6.45, 7) is 5.73. The third kappa shape index (κ3) is 14.8. The molecule has 2 spiro atoms. The molecule has 27 heteroatoms. The van der Waals surface area contributed by atoms with Crippen LogP contribution in [0, 0.1) is 33.5 Å². The van der Waals surface area contributed by atoms with Gasteiger partial charge in [-0.25, -0.2) is 37.5 Å². The Hall–Kier alpha value is -7.57. The molecule has 20 nitrogen and oxygen atoms in total. The number of carbonyl (C=O) groups is 6. The number of nitrogens with zero attached hydrogens (tertiary/aromatic N) is 8. The quantitative estimate of drug-likeness (QED) is 0.0470. The smallest absolute Gasteiger partial charge is 0.312 e. The Morgan fingerprint density at radius 1 is 0.643 bits per heavy atom. The molecule has 4 saturated carbocycles. The number of phenolic OH excluding ortho intramolecular Hbond substituents is 1. The van der Waals surface area contributed by atoms with Gasteiger partial charge in [0, 0.05) is 108 Å². The average molecular weight is 1420 g/mol. The minimum absolute atomic E-state index is 0.00130. The van der Waals surface area contributed by atoms with E-state index >= 15 is 0 Å². The first-order valence-electron chi connectivity index (χ1n) is 33.3. The fraction of sp³-hybridized carbons (Fsp3) is 0.549. The second-order valence-electron chi connectivity index (χ2n) is 27.8. The maximum Gasteiger partial charge on any atom is 0.312 e. The summed E-state index contributed by atoms with van der Waals surface area (Å²) in [4.78, 5) is 103. The number of hydrogen-bond acceptors (Lipinski definition) is 15. The maximum atomic E-state index is 14.6. The lowest BCUT2D eigenvalue weighted by molar-refractivity contribution is -0.169. The van der Waals surface area contributed by atoms with Gasteiger partial charge in [0.05, 0.1) is 54.8 Å². The number of rotatable bonds is 18. The molecular formula is C71H81Cl3F4N8O12. The van der Waals surface area contributed by atoms with E-state index in [1.54, 1.807) is 78.3 Å². The van der Waals surface area contributed by atoms with E-state index in [4.69, 9.17) is 53.8 Å². The van der Waals surface area contributed by atoms with Crippen LogP contribution < -0.4 is 14.2 Å². The molecule has 526 valence electrons. The number of likely N-dealkylation sites (tertiary alicyclic amines) is 2. The summed E-state index contributed by atoms with van der Waals surface area (Å²) >= 11 is 18.6. The lowest BCUT2D eigenvalue weighted by Gasteiger charge is -2.45. The van der Waals surface area contributed by atoms with E-state index in [2.05, 4.69) is 19.9 Å². The lowest BCUT2D eigenvalue weighted by atomic mass is 9.66. The number of carboxylic acids is 1. The number of hydrogen-bond donors (Lipinski definition) is 2. The van der Waals surface area contributed by atoms with Crippen molar-refractivity contribution in [1.82, 2.24) is 39.5 Å². The normalized spacial score (nSPS) is 24.1. The van der Waals surface area contributed by atoms with Crippen molar-refractivity contribution >= 4 is 70.4 Å². The van der Waals surface area contributed by atoms with Gasteiger partial charge in [0.25, 0.3) is 12.9 Å². The molecule has 4 amide bonds. The Morgan fingerprint density at radius 3 is 1.67 bits per heavy atom. The van der Waals surface area contributed by atoms with Gasteiger partial charge in [0.1, 0.15) is 60.3 Å².